The van der Waals surface area contributed by atoms with Crippen molar-refractivity contribution in [2.75, 3.05) is 0 Å². The standard InChI is InChI=1S/C12H15NO2/c1-12(2,15)7-10-4-3-5-11(6-10)8-13-9-14/h3-6,15H,7-8H2,1-2H3. The van der Waals surface area contributed by atoms with Crippen LogP contribution in [0.15, 0.2) is 29.3 Å². The molecule has 0 saturated carbocycles. The molecule has 3 heteroatoms. The van der Waals surface area contributed by atoms with Gasteiger partial charge >= 0.3 is 0 Å². The molecule has 3 nitrogen and oxygen atoms in total. The average molecular weight is 205 g/mol. The maximum atomic E-state index is 9.96. The molecule has 0 saturated heterocycles. The molecule has 0 aliphatic rings. The highest BCUT2D eigenvalue weighted by Gasteiger charge is 2.13. The van der Waals surface area contributed by atoms with Gasteiger partial charge in [-0.3, -0.25) is 0 Å². The number of aliphatic imine (C=N–C) groups is 1. The SMILES string of the molecule is CC(C)(O)Cc1cccc(CN=C=O)c1. The topological polar surface area (TPSA) is 49.7 Å². The molecule has 0 atom stereocenters. The fourth-order valence-corrected chi connectivity index (χ4v) is 1.46. The first-order valence-electron chi connectivity index (χ1n) is 4.85. The summed E-state index contributed by atoms with van der Waals surface area (Å²) < 4.78 is 0. The van der Waals surface area contributed by atoms with Gasteiger partial charge in [0.15, 0.2) is 0 Å². The maximum absolute atomic E-state index is 9.96. The Balaban J connectivity index is 2.78. The summed E-state index contributed by atoms with van der Waals surface area (Å²) in [5, 5.41) is 9.65. The fourth-order valence-electron chi connectivity index (χ4n) is 1.46. The third-order valence-electron chi connectivity index (χ3n) is 1.95. The molecule has 0 aromatic heterocycles. The lowest BCUT2D eigenvalue weighted by atomic mass is 9.97. The van der Waals surface area contributed by atoms with E-state index in [-0.39, 0.29) is 0 Å². The molecule has 0 aliphatic carbocycles. The molecule has 0 spiro atoms. The normalized spacial score (nSPS) is 10.9. The Labute approximate surface area is 89.5 Å². The summed E-state index contributed by atoms with van der Waals surface area (Å²) >= 11 is 0. The second-order valence-electron chi connectivity index (χ2n) is 4.22. The second kappa shape index (κ2) is 4.87. The predicted molar refractivity (Wildman–Crippen MR) is 58.3 cm³/mol. The van der Waals surface area contributed by atoms with E-state index < -0.39 is 5.60 Å². The first-order chi connectivity index (χ1) is 7.01. The third-order valence-corrected chi connectivity index (χ3v) is 1.95. The van der Waals surface area contributed by atoms with E-state index in [0.29, 0.717) is 13.0 Å². The molecule has 1 aromatic carbocycles. The molecule has 1 rings (SSSR count). The predicted octanol–water partition coefficient (Wildman–Crippen LogP) is 1.84. The molecule has 0 amide bonds. The monoisotopic (exact) mass is 205 g/mol. The summed E-state index contributed by atoms with van der Waals surface area (Å²) in [4.78, 5) is 13.5. The number of rotatable bonds is 4. The van der Waals surface area contributed by atoms with E-state index in [4.69, 9.17) is 0 Å². The van der Waals surface area contributed by atoms with Gasteiger partial charge in [-0.2, -0.15) is 0 Å². The zero-order valence-corrected chi connectivity index (χ0v) is 9.03. The number of hydrogen-bond donors (Lipinski definition) is 1. The van der Waals surface area contributed by atoms with Gasteiger partial charge in [0.2, 0.25) is 6.08 Å². The lowest BCUT2D eigenvalue weighted by Gasteiger charge is -2.17. The summed E-state index contributed by atoms with van der Waals surface area (Å²) in [5.74, 6) is 0. The summed E-state index contributed by atoms with van der Waals surface area (Å²) in [6.07, 6.45) is 2.10. The van der Waals surface area contributed by atoms with E-state index in [1.54, 1.807) is 13.8 Å². The van der Waals surface area contributed by atoms with Crippen LogP contribution in [0.25, 0.3) is 0 Å². The zero-order chi connectivity index (χ0) is 11.3. The van der Waals surface area contributed by atoms with Gasteiger partial charge in [0.05, 0.1) is 12.1 Å². The maximum Gasteiger partial charge on any atom is 0.235 e. The molecule has 0 fully saturated rings. The molecule has 0 bridgehead atoms. The molecule has 0 unspecified atom stereocenters. The minimum Gasteiger partial charge on any atom is -0.390 e. The molecule has 0 heterocycles. The van der Waals surface area contributed by atoms with E-state index in [9.17, 15) is 9.90 Å². The number of benzene rings is 1. The highest BCUT2D eigenvalue weighted by molar-refractivity contribution is 5.34. The number of isocyanates is 1. The molecular formula is C12H15NO2. The Hall–Kier alpha value is -1.44. The molecule has 80 valence electrons. The van der Waals surface area contributed by atoms with Gasteiger partial charge in [0.25, 0.3) is 0 Å². The van der Waals surface area contributed by atoms with Crippen LogP contribution in [0.5, 0.6) is 0 Å². The first-order valence-corrected chi connectivity index (χ1v) is 4.85. The third kappa shape index (κ3) is 4.54. The highest BCUT2D eigenvalue weighted by atomic mass is 16.3. The number of aliphatic hydroxyl groups is 1. The van der Waals surface area contributed by atoms with Gasteiger partial charge in [0, 0.05) is 6.42 Å². The molecule has 1 aromatic rings. The van der Waals surface area contributed by atoms with Crippen LogP contribution in [0.2, 0.25) is 0 Å². The van der Waals surface area contributed by atoms with Crippen LogP contribution in [0.3, 0.4) is 0 Å². The zero-order valence-electron chi connectivity index (χ0n) is 9.03. The van der Waals surface area contributed by atoms with E-state index >= 15 is 0 Å². The van der Waals surface area contributed by atoms with Crippen LogP contribution in [0.4, 0.5) is 0 Å². The van der Waals surface area contributed by atoms with Crippen molar-refractivity contribution >= 4 is 6.08 Å². The van der Waals surface area contributed by atoms with Crippen molar-refractivity contribution in [2.24, 2.45) is 4.99 Å². The van der Waals surface area contributed by atoms with Crippen LogP contribution in [0.1, 0.15) is 25.0 Å². The second-order valence-corrected chi connectivity index (χ2v) is 4.22. The van der Waals surface area contributed by atoms with Crippen LogP contribution in [-0.4, -0.2) is 16.8 Å². The lowest BCUT2D eigenvalue weighted by molar-refractivity contribution is 0.0810. The van der Waals surface area contributed by atoms with Crippen molar-refractivity contribution in [2.45, 2.75) is 32.4 Å². The van der Waals surface area contributed by atoms with E-state index in [0.717, 1.165) is 11.1 Å². The van der Waals surface area contributed by atoms with Gasteiger partial charge in [-0.25, -0.2) is 9.79 Å². The number of hydrogen-bond acceptors (Lipinski definition) is 3. The molecule has 1 N–H and O–H groups in total. The van der Waals surface area contributed by atoms with Crippen molar-refractivity contribution in [1.29, 1.82) is 0 Å². The minimum absolute atomic E-state index is 0.350. The Morgan fingerprint density at radius 1 is 1.40 bits per heavy atom. The van der Waals surface area contributed by atoms with E-state index in [2.05, 4.69) is 4.99 Å². The molecule has 0 radical (unpaired) electrons. The van der Waals surface area contributed by atoms with Gasteiger partial charge in [-0.15, -0.1) is 0 Å². The van der Waals surface area contributed by atoms with Crippen LogP contribution >= 0.6 is 0 Å². The van der Waals surface area contributed by atoms with Crippen molar-refractivity contribution in [3.05, 3.63) is 35.4 Å². The first kappa shape index (κ1) is 11.6. The summed E-state index contributed by atoms with van der Waals surface area (Å²) in [5.41, 5.74) is 1.29. The van der Waals surface area contributed by atoms with Crippen molar-refractivity contribution in [3.63, 3.8) is 0 Å². The van der Waals surface area contributed by atoms with Gasteiger partial charge in [0.1, 0.15) is 0 Å². The summed E-state index contributed by atoms with van der Waals surface area (Å²) in [6, 6.07) is 7.69. The lowest BCUT2D eigenvalue weighted by Crippen LogP contribution is -2.21. The van der Waals surface area contributed by atoms with Crippen molar-refractivity contribution in [1.82, 2.24) is 0 Å². The van der Waals surface area contributed by atoms with E-state index in [1.165, 1.54) is 6.08 Å². The Morgan fingerprint density at radius 3 is 2.67 bits per heavy atom. The smallest absolute Gasteiger partial charge is 0.235 e. The van der Waals surface area contributed by atoms with Crippen LogP contribution < -0.4 is 0 Å². The molecular weight excluding hydrogens is 190 g/mol. The van der Waals surface area contributed by atoms with E-state index in [1.807, 2.05) is 24.3 Å². The summed E-state index contributed by atoms with van der Waals surface area (Å²) in [7, 11) is 0. The van der Waals surface area contributed by atoms with Gasteiger partial charge in [-0.1, -0.05) is 24.3 Å². The van der Waals surface area contributed by atoms with Crippen LogP contribution in [0, 0.1) is 0 Å². The Bertz CT molecular complexity index is 373. The molecule has 15 heavy (non-hydrogen) atoms. The number of nitrogens with zero attached hydrogens (tertiary/aromatic N) is 1. The van der Waals surface area contributed by atoms with Gasteiger partial charge < -0.3 is 5.11 Å². The Kier molecular flexibility index (Phi) is 3.78. The van der Waals surface area contributed by atoms with Gasteiger partial charge in [-0.05, 0) is 25.0 Å². The number of carbonyl (C=O) groups excluding carboxylic acids is 1. The highest BCUT2D eigenvalue weighted by Crippen LogP contribution is 2.14. The average Bonchev–Trinajstić information content (AvgIpc) is 2.12. The van der Waals surface area contributed by atoms with Crippen molar-refractivity contribution < 1.29 is 9.90 Å². The minimum atomic E-state index is -0.716. The van der Waals surface area contributed by atoms with Crippen LogP contribution in [-0.2, 0) is 17.8 Å². The molecule has 0 aliphatic heterocycles. The van der Waals surface area contributed by atoms with Crippen molar-refractivity contribution in [3.8, 4) is 0 Å². The summed E-state index contributed by atoms with van der Waals surface area (Å²) in [6.45, 7) is 3.88. The Morgan fingerprint density at radius 2 is 2.07 bits per heavy atom. The fraction of sp³-hybridized carbons (Fsp3) is 0.417. The quantitative estimate of drug-likeness (QED) is 0.602. The largest absolute Gasteiger partial charge is 0.390 e.